The van der Waals surface area contributed by atoms with Crippen LogP contribution in [0.3, 0.4) is 0 Å². The van der Waals surface area contributed by atoms with Gasteiger partial charge < -0.3 is 25.8 Å². The number of alkyl carbamates (subject to hydrolysis) is 1. The van der Waals surface area contributed by atoms with Crippen LogP contribution in [-0.2, 0) is 29.3 Å². The minimum Gasteiger partial charge on any atom is -0.486 e. The van der Waals surface area contributed by atoms with E-state index >= 15 is 0 Å². The van der Waals surface area contributed by atoms with Crippen molar-refractivity contribution in [3.8, 4) is 5.75 Å². The number of hydrogen-bond donors (Lipinski definition) is 3. The molecule has 0 unspecified atom stereocenters. The van der Waals surface area contributed by atoms with Crippen LogP contribution in [0.1, 0.15) is 28.6 Å². The van der Waals surface area contributed by atoms with Crippen molar-refractivity contribution in [2.45, 2.75) is 25.8 Å². The molecular weight excluding hydrogens is 470 g/mol. The number of aromatic nitrogens is 2. The van der Waals surface area contributed by atoms with E-state index in [1.807, 2.05) is 36.4 Å². The van der Waals surface area contributed by atoms with Gasteiger partial charge in [-0.05, 0) is 47.0 Å². The zero-order valence-corrected chi connectivity index (χ0v) is 20.0. The van der Waals surface area contributed by atoms with Crippen molar-refractivity contribution in [1.29, 1.82) is 0 Å². The molecule has 0 spiro atoms. The second-order valence-corrected chi connectivity index (χ2v) is 8.06. The highest BCUT2D eigenvalue weighted by molar-refractivity contribution is 5.97. The zero-order chi connectivity index (χ0) is 25.9. The van der Waals surface area contributed by atoms with Gasteiger partial charge in [0.2, 0.25) is 0 Å². The van der Waals surface area contributed by atoms with Gasteiger partial charge in [0.25, 0.3) is 5.91 Å². The number of nitrogens with one attached hydrogen (secondary N) is 2. The van der Waals surface area contributed by atoms with Crippen molar-refractivity contribution >= 4 is 17.7 Å². The number of ether oxygens (including phenoxy) is 2. The average Bonchev–Trinajstić information content (AvgIpc) is 2.95. The third-order valence-corrected chi connectivity index (χ3v) is 5.37. The molecule has 0 fully saturated rings. The van der Waals surface area contributed by atoms with E-state index < -0.39 is 18.0 Å². The van der Waals surface area contributed by atoms with Crippen LogP contribution in [0, 0.1) is 0 Å². The largest absolute Gasteiger partial charge is 0.486 e. The van der Waals surface area contributed by atoms with E-state index in [1.165, 1.54) is 0 Å². The number of carbonyl (C=O) groups excluding carboxylic acids is 2. The van der Waals surface area contributed by atoms with E-state index in [1.54, 1.807) is 60.9 Å². The molecule has 9 nitrogen and oxygen atoms in total. The summed E-state index contributed by atoms with van der Waals surface area (Å²) in [5.41, 5.74) is 8.54. The summed E-state index contributed by atoms with van der Waals surface area (Å²) in [4.78, 5) is 34.1. The predicted octanol–water partition coefficient (Wildman–Crippen LogP) is 4.12. The lowest BCUT2D eigenvalue weighted by Gasteiger charge is -2.19. The van der Waals surface area contributed by atoms with Crippen LogP contribution in [0.4, 0.5) is 10.5 Å². The van der Waals surface area contributed by atoms with Crippen LogP contribution in [0.2, 0.25) is 0 Å². The summed E-state index contributed by atoms with van der Waals surface area (Å²) < 4.78 is 11.1. The molecule has 9 heteroatoms. The third-order valence-electron chi connectivity index (χ3n) is 5.37. The molecule has 3 aromatic carbocycles. The number of nitrogens with zero attached hydrogens (tertiary/aromatic N) is 2. The van der Waals surface area contributed by atoms with Crippen LogP contribution in [0.15, 0.2) is 97.3 Å². The van der Waals surface area contributed by atoms with Gasteiger partial charge >= 0.3 is 6.09 Å². The Kier molecular flexibility index (Phi) is 8.77. The van der Waals surface area contributed by atoms with Gasteiger partial charge in [0.15, 0.2) is 5.82 Å². The molecule has 4 aromatic rings. The Morgan fingerprint density at radius 1 is 0.838 bits per heavy atom. The molecule has 188 valence electrons. The Morgan fingerprint density at radius 2 is 1.57 bits per heavy atom. The van der Waals surface area contributed by atoms with E-state index in [2.05, 4.69) is 20.6 Å². The van der Waals surface area contributed by atoms with Crippen molar-refractivity contribution in [1.82, 2.24) is 15.3 Å². The molecule has 4 N–H and O–H groups in total. The Balaban J connectivity index is 1.46. The van der Waals surface area contributed by atoms with Crippen LogP contribution in [0.5, 0.6) is 5.75 Å². The van der Waals surface area contributed by atoms with Crippen molar-refractivity contribution in [2.24, 2.45) is 5.73 Å². The standard InChI is InChI=1S/C28H27N5O4/c29-17-21-8-4-9-23(16-21)32-27(34)26(33-28(35)37-18-20-6-2-1-3-7-20)22-10-12-24(13-11-22)36-19-25-30-14-5-15-31-25/h1-16,26H,17-19,29H2,(H,32,34)(H,33,35)/t26-/m0/s1. The first kappa shape index (κ1) is 25.3. The third kappa shape index (κ3) is 7.61. The van der Waals surface area contributed by atoms with Crippen LogP contribution in [0.25, 0.3) is 0 Å². The predicted molar refractivity (Wildman–Crippen MR) is 138 cm³/mol. The number of nitrogens with two attached hydrogens (primary N) is 1. The highest BCUT2D eigenvalue weighted by Crippen LogP contribution is 2.21. The van der Waals surface area contributed by atoms with E-state index in [9.17, 15) is 9.59 Å². The molecule has 0 bridgehead atoms. The van der Waals surface area contributed by atoms with Gasteiger partial charge in [0.1, 0.15) is 25.0 Å². The van der Waals surface area contributed by atoms with Crippen LogP contribution in [-0.4, -0.2) is 22.0 Å². The summed E-state index contributed by atoms with van der Waals surface area (Å²) in [5, 5.41) is 5.51. The lowest BCUT2D eigenvalue weighted by atomic mass is 10.1. The first-order valence-electron chi connectivity index (χ1n) is 11.7. The van der Waals surface area contributed by atoms with Crippen molar-refractivity contribution < 1.29 is 19.1 Å². The van der Waals surface area contributed by atoms with Gasteiger partial charge in [-0.1, -0.05) is 54.6 Å². The van der Waals surface area contributed by atoms with Gasteiger partial charge in [-0.2, -0.15) is 0 Å². The fourth-order valence-corrected chi connectivity index (χ4v) is 3.48. The minimum atomic E-state index is -1.02. The molecule has 1 aromatic heterocycles. The van der Waals surface area contributed by atoms with Gasteiger partial charge in [-0.15, -0.1) is 0 Å². The second-order valence-electron chi connectivity index (χ2n) is 8.06. The second kappa shape index (κ2) is 12.8. The van der Waals surface area contributed by atoms with Crippen molar-refractivity contribution in [2.75, 3.05) is 5.32 Å². The number of benzene rings is 3. The fourth-order valence-electron chi connectivity index (χ4n) is 3.48. The maximum atomic E-state index is 13.3. The van der Waals surface area contributed by atoms with E-state index in [0.29, 0.717) is 29.4 Å². The lowest BCUT2D eigenvalue weighted by Crippen LogP contribution is -2.37. The number of anilines is 1. The maximum absolute atomic E-state index is 13.3. The first-order valence-corrected chi connectivity index (χ1v) is 11.7. The van der Waals surface area contributed by atoms with Crippen LogP contribution < -0.4 is 21.1 Å². The monoisotopic (exact) mass is 497 g/mol. The molecule has 4 rings (SSSR count). The Bertz CT molecular complexity index is 1300. The van der Waals surface area contributed by atoms with Crippen molar-refractivity contribution in [3.05, 3.63) is 120 Å². The van der Waals surface area contributed by atoms with E-state index in [0.717, 1.165) is 11.1 Å². The molecular formula is C28H27N5O4. The summed E-state index contributed by atoms with van der Waals surface area (Å²) in [7, 11) is 0. The highest BCUT2D eigenvalue weighted by atomic mass is 16.5. The Morgan fingerprint density at radius 3 is 2.30 bits per heavy atom. The van der Waals surface area contributed by atoms with Gasteiger partial charge in [-0.25, -0.2) is 14.8 Å². The summed E-state index contributed by atoms with van der Waals surface area (Å²) >= 11 is 0. The number of rotatable bonds is 10. The van der Waals surface area contributed by atoms with Crippen molar-refractivity contribution in [3.63, 3.8) is 0 Å². The normalized spacial score (nSPS) is 11.3. The molecule has 0 aliphatic carbocycles. The zero-order valence-electron chi connectivity index (χ0n) is 20.0. The van der Waals surface area contributed by atoms with Crippen LogP contribution >= 0.6 is 0 Å². The molecule has 0 aliphatic heterocycles. The van der Waals surface area contributed by atoms with E-state index in [-0.39, 0.29) is 13.2 Å². The molecule has 1 atom stereocenters. The fraction of sp³-hybridized carbons (Fsp3) is 0.143. The number of hydrogen-bond acceptors (Lipinski definition) is 7. The summed E-state index contributed by atoms with van der Waals surface area (Å²) in [6.07, 6.45) is 2.56. The molecule has 0 saturated heterocycles. The number of amides is 2. The van der Waals surface area contributed by atoms with Gasteiger partial charge in [0, 0.05) is 24.6 Å². The molecule has 0 saturated carbocycles. The van der Waals surface area contributed by atoms with Gasteiger partial charge in [0.05, 0.1) is 0 Å². The molecule has 37 heavy (non-hydrogen) atoms. The molecule has 1 heterocycles. The first-order chi connectivity index (χ1) is 18.1. The lowest BCUT2D eigenvalue weighted by molar-refractivity contribution is -0.118. The molecule has 0 aliphatic rings. The molecule has 0 radical (unpaired) electrons. The van der Waals surface area contributed by atoms with Gasteiger partial charge in [-0.3, -0.25) is 4.79 Å². The van der Waals surface area contributed by atoms with E-state index in [4.69, 9.17) is 15.2 Å². The maximum Gasteiger partial charge on any atom is 0.408 e. The highest BCUT2D eigenvalue weighted by Gasteiger charge is 2.24. The average molecular weight is 498 g/mol. The summed E-state index contributed by atoms with van der Waals surface area (Å²) in [6, 6.07) is 24.0. The Labute approximate surface area is 214 Å². The smallest absolute Gasteiger partial charge is 0.408 e. The Hall–Kier alpha value is -4.76. The summed E-state index contributed by atoms with van der Waals surface area (Å²) in [6.45, 7) is 0.617. The quantitative estimate of drug-likeness (QED) is 0.301. The topological polar surface area (TPSA) is 128 Å². The minimum absolute atomic E-state index is 0.0773. The SMILES string of the molecule is NCc1cccc(NC(=O)[C@@H](NC(=O)OCc2ccccc2)c2ccc(OCc3ncccn3)cc2)c1. The summed E-state index contributed by atoms with van der Waals surface area (Å²) in [5.74, 6) is 0.682. The number of carbonyl (C=O) groups is 2. The molecule has 2 amide bonds.